The molecule has 0 spiro atoms. The maximum Gasteiger partial charge on any atom is 0.307 e. The van der Waals surface area contributed by atoms with Crippen LogP contribution in [0.15, 0.2) is 30.3 Å². The number of carbonyl (C=O) groups is 8. The molecular formula is C52H82N4O11S. The number of methoxy groups -OCH3 is 2. The van der Waals surface area contributed by atoms with Crippen molar-refractivity contribution in [3.05, 3.63) is 35.9 Å². The molecule has 1 aromatic rings. The number of ether oxygens (including phenoxy) is 2. The second-order valence-electron chi connectivity index (χ2n) is 19.8. The Bertz CT molecular complexity index is 1860. The minimum Gasteiger partial charge on any atom is -0.481 e. The van der Waals surface area contributed by atoms with Gasteiger partial charge in [-0.25, -0.2) is 0 Å². The van der Waals surface area contributed by atoms with Crippen molar-refractivity contribution in [2.75, 3.05) is 47.7 Å². The van der Waals surface area contributed by atoms with E-state index < -0.39 is 54.1 Å². The third-order valence-corrected chi connectivity index (χ3v) is 15.5. The fourth-order valence-electron chi connectivity index (χ4n) is 10.3. The maximum absolute atomic E-state index is 14.7. The number of hydrogen-bond donors (Lipinski definition) is 1. The summed E-state index contributed by atoms with van der Waals surface area (Å²) in [5.41, 5.74) is 0.829. The van der Waals surface area contributed by atoms with Gasteiger partial charge in [0.1, 0.15) is 5.78 Å². The Labute approximate surface area is 410 Å². The first kappa shape index (κ1) is 58.2. The van der Waals surface area contributed by atoms with Crippen molar-refractivity contribution in [2.24, 2.45) is 35.5 Å². The van der Waals surface area contributed by atoms with E-state index >= 15 is 0 Å². The van der Waals surface area contributed by atoms with E-state index in [-0.39, 0.29) is 103 Å². The van der Waals surface area contributed by atoms with E-state index in [0.29, 0.717) is 51.6 Å². The molecule has 2 heterocycles. The van der Waals surface area contributed by atoms with Crippen molar-refractivity contribution in [2.45, 2.75) is 161 Å². The zero-order chi connectivity index (χ0) is 51.0. The third-order valence-electron chi connectivity index (χ3n) is 14.5. The highest BCUT2D eigenvalue weighted by Gasteiger charge is 2.44. The first-order valence-electron chi connectivity index (χ1n) is 24.7. The van der Waals surface area contributed by atoms with Gasteiger partial charge in [-0.05, 0) is 61.7 Å². The summed E-state index contributed by atoms with van der Waals surface area (Å²) in [6.07, 6.45) is 4.54. The number of unbranched alkanes of at least 4 members (excludes halogenated alkanes) is 2. The van der Waals surface area contributed by atoms with Crippen molar-refractivity contribution in [1.29, 1.82) is 0 Å². The van der Waals surface area contributed by atoms with Crippen LogP contribution in [0.2, 0.25) is 0 Å². The summed E-state index contributed by atoms with van der Waals surface area (Å²) in [6, 6.07) is 7.49. The van der Waals surface area contributed by atoms with Gasteiger partial charge in [0.25, 0.3) is 0 Å². The molecular weight excluding hydrogens is 889 g/mol. The molecule has 2 fully saturated rings. The van der Waals surface area contributed by atoms with Crippen LogP contribution in [-0.4, -0.2) is 155 Å². The Balaban J connectivity index is 1.70. The molecule has 0 aromatic heterocycles. The highest BCUT2D eigenvalue weighted by Crippen LogP contribution is 2.32. The molecule has 0 radical (unpaired) electrons. The van der Waals surface area contributed by atoms with Crippen LogP contribution >= 0.6 is 11.8 Å². The third kappa shape index (κ3) is 15.4. The van der Waals surface area contributed by atoms with Crippen LogP contribution in [0, 0.1) is 35.5 Å². The van der Waals surface area contributed by atoms with E-state index in [9.17, 15) is 43.5 Å². The summed E-state index contributed by atoms with van der Waals surface area (Å²) in [5, 5.41) is 9.68. The number of Topliss-reactive ketones (excluding diaryl/α,β-unsaturated/α-hetero) is 2. The molecule has 5 amide bonds. The van der Waals surface area contributed by atoms with Gasteiger partial charge in [-0.2, -0.15) is 11.8 Å². The van der Waals surface area contributed by atoms with Gasteiger partial charge >= 0.3 is 5.97 Å². The number of carboxylic acid groups (broad SMARTS) is 1. The predicted molar refractivity (Wildman–Crippen MR) is 263 cm³/mol. The van der Waals surface area contributed by atoms with Crippen molar-refractivity contribution < 1.29 is 52.9 Å². The van der Waals surface area contributed by atoms with Crippen LogP contribution in [0.1, 0.15) is 125 Å². The van der Waals surface area contributed by atoms with Gasteiger partial charge in [-0.1, -0.05) is 91.6 Å². The molecule has 3 rings (SSSR count). The normalized spacial score (nSPS) is 19.9. The number of carbonyl (C=O) groups excluding carboxylic acids is 7. The molecule has 1 aromatic carbocycles. The molecule has 1 N–H and O–H groups in total. The van der Waals surface area contributed by atoms with Gasteiger partial charge in [-0.15, -0.1) is 0 Å². The van der Waals surface area contributed by atoms with Crippen molar-refractivity contribution in [1.82, 2.24) is 19.6 Å². The van der Waals surface area contributed by atoms with E-state index in [0.717, 1.165) is 5.56 Å². The van der Waals surface area contributed by atoms with Gasteiger partial charge < -0.3 is 29.3 Å². The van der Waals surface area contributed by atoms with E-state index in [1.54, 1.807) is 30.8 Å². The smallest absolute Gasteiger partial charge is 0.307 e. The predicted octanol–water partition coefficient (Wildman–Crippen LogP) is 6.57. The van der Waals surface area contributed by atoms with Gasteiger partial charge in [0.2, 0.25) is 29.5 Å². The fourth-order valence-corrected chi connectivity index (χ4v) is 10.9. The second-order valence-corrected chi connectivity index (χ2v) is 20.9. The molecule has 2 aliphatic rings. The number of carboxylic acids is 1. The number of amides is 5. The van der Waals surface area contributed by atoms with E-state index in [4.69, 9.17) is 9.47 Å². The molecule has 2 aliphatic heterocycles. The number of thioether (sulfide) groups is 1. The number of hydrogen-bond acceptors (Lipinski definition) is 11. The van der Waals surface area contributed by atoms with Gasteiger partial charge in [0.15, 0.2) is 5.78 Å². The highest BCUT2D eigenvalue weighted by atomic mass is 32.2. The SMILES string of the molecule is CC[C@H](C)[C@@H](C(CC(=O)N1CCC[C@H]1C(OC)[C@@H](C)C(=O)C[C@@H](Cc1ccccc1)C(=O)O)OC)N(C)C(=O)[C@@H](CC(=O)[C@H](C(C)C)N(C)C(=O)CCCCCN1C(=O)CC(SC)C1=O)C(C)C. The van der Waals surface area contributed by atoms with E-state index in [1.165, 1.54) is 35.8 Å². The molecule has 15 nitrogen and oxygen atoms in total. The zero-order valence-corrected chi connectivity index (χ0v) is 43.8. The number of nitrogens with zero attached hydrogens (tertiary/aromatic N) is 4. The number of benzene rings is 1. The van der Waals surface area contributed by atoms with Gasteiger partial charge in [0.05, 0.1) is 47.9 Å². The summed E-state index contributed by atoms with van der Waals surface area (Å²) in [7, 11) is 6.37. The Morgan fingerprint density at radius 1 is 0.853 bits per heavy atom. The molecule has 382 valence electrons. The zero-order valence-electron chi connectivity index (χ0n) is 42.9. The number of imide groups is 1. The topological polar surface area (TPSA) is 188 Å². The average molecular weight is 971 g/mol. The quantitative estimate of drug-likeness (QED) is 0.0646. The second kappa shape index (κ2) is 27.9. The molecule has 68 heavy (non-hydrogen) atoms. The number of aliphatic carboxylic acids is 1. The van der Waals surface area contributed by atoms with Crippen LogP contribution in [0.4, 0.5) is 0 Å². The average Bonchev–Trinajstić information content (AvgIpc) is 3.90. The largest absolute Gasteiger partial charge is 0.481 e. The molecule has 3 unspecified atom stereocenters. The minimum absolute atomic E-state index is 0.0445. The lowest BCUT2D eigenvalue weighted by molar-refractivity contribution is -0.150. The Morgan fingerprint density at radius 3 is 2.06 bits per heavy atom. The van der Waals surface area contributed by atoms with Crippen LogP contribution < -0.4 is 0 Å². The Kier molecular flexibility index (Phi) is 23.9. The summed E-state index contributed by atoms with van der Waals surface area (Å²) >= 11 is 1.38. The van der Waals surface area contributed by atoms with Crippen molar-refractivity contribution >= 4 is 58.8 Å². The first-order valence-corrected chi connectivity index (χ1v) is 26.0. The standard InChI is InChI=1S/C52H82N4O11S/c1-13-34(6)48(42(66-10)30-45(60)55-26-20-23-39(55)49(67-11)35(7)40(57)28-37(52(64)65)27-36-21-16-14-17-22-36)54(9)50(62)38(32(2)3)29-41(58)47(33(4)5)53(8)44(59)24-18-15-19-25-56-46(61)31-43(68-12)51(56)63/h14,16-17,21-22,32-35,37-39,42-43,47-49H,13,15,18-20,23-31H2,1-12H3,(H,64,65)/t34-,35-,37+,38-,39-,42?,43?,47-,48-,49?/m0/s1. The number of likely N-dealkylation sites (N-methyl/N-ethyl adjacent to an activating group) is 2. The summed E-state index contributed by atoms with van der Waals surface area (Å²) < 4.78 is 12.0. The van der Waals surface area contributed by atoms with Crippen LogP contribution in [-0.2, 0) is 54.3 Å². The van der Waals surface area contributed by atoms with Gasteiger partial charge in [-0.3, -0.25) is 43.3 Å². The number of ketones is 2. The van der Waals surface area contributed by atoms with Crippen LogP contribution in [0.5, 0.6) is 0 Å². The minimum atomic E-state index is -1.05. The van der Waals surface area contributed by atoms with Crippen LogP contribution in [0.25, 0.3) is 0 Å². The van der Waals surface area contributed by atoms with Crippen LogP contribution in [0.3, 0.4) is 0 Å². The van der Waals surface area contributed by atoms with Crippen molar-refractivity contribution in [3.63, 3.8) is 0 Å². The molecule has 0 bridgehead atoms. The summed E-state index contributed by atoms with van der Waals surface area (Å²) in [5.74, 6) is -5.30. The lowest BCUT2D eigenvalue weighted by Crippen LogP contribution is -2.54. The lowest BCUT2D eigenvalue weighted by atomic mass is 9.83. The lowest BCUT2D eigenvalue weighted by Gasteiger charge is -2.41. The summed E-state index contributed by atoms with van der Waals surface area (Å²) in [4.78, 5) is 114. The monoisotopic (exact) mass is 971 g/mol. The first-order chi connectivity index (χ1) is 32.1. The fraction of sp³-hybridized carbons (Fsp3) is 0.731. The Hall–Kier alpha value is -4.15. The maximum atomic E-state index is 14.7. The molecule has 10 atom stereocenters. The molecule has 2 saturated heterocycles. The Morgan fingerprint density at radius 2 is 1.51 bits per heavy atom. The van der Waals surface area contributed by atoms with E-state index in [1.807, 2.05) is 78.1 Å². The summed E-state index contributed by atoms with van der Waals surface area (Å²) in [6.45, 7) is 14.1. The van der Waals surface area contributed by atoms with E-state index in [2.05, 4.69) is 0 Å². The van der Waals surface area contributed by atoms with Gasteiger partial charge in [0, 0.05) is 78.9 Å². The molecule has 16 heteroatoms. The molecule has 0 aliphatic carbocycles. The number of rotatable bonds is 30. The van der Waals surface area contributed by atoms with Crippen molar-refractivity contribution in [3.8, 4) is 0 Å². The highest BCUT2D eigenvalue weighted by molar-refractivity contribution is 8.00. The number of likely N-dealkylation sites (tertiary alicyclic amines) is 2. The molecule has 0 saturated carbocycles.